The topological polar surface area (TPSA) is 83.9 Å². The lowest BCUT2D eigenvalue weighted by Gasteiger charge is -2.31. The first kappa shape index (κ1) is 26.1. The maximum absolute atomic E-state index is 14.3. The summed E-state index contributed by atoms with van der Waals surface area (Å²) < 4.78 is 5.26. The molecule has 0 saturated carbocycles. The number of hydrogen-bond donors (Lipinski definition) is 1. The van der Waals surface area contributed by atoms with Gasteiger partial charge >= 0.3 is 5.97 Å². The number of nitrogens with zero attached hydrogens (tertiary/aromatic N) is 1. The molecule has 192 valence electrons. The molecule has 1 aliphatic heterocycles. The molecule has 1 amide bonds. The van der Waals surface area contributed by atoms with E-state index in [0.29, 0.717) is 11.3 Å². The van der Waals surface area contributed by atoms with Crippen LogP contribution >= 0.6 is 0 Å². The van der Waals surface area contributed by atoms with Crippen LogP contribution in [0.5, 0.6) is 5.75 Å². The number of carboxylic acid groups (broad SMARTS) is 1. The molecule has 4 rings (SSSR count). The third-order valence-corrected chi connectivity index (χ3v) is 7.07. The Labute approximate surface area is 217 Å². The third-order valence-electron chi connectivity index (χ3n) is 7.07. The van der Waals surface area contributed by atoms with Crippen molar-refractivity contribution in [3.63, 3.8) is 0 Å². The quantitative estimate of drug-likeness (QED) is 0.404. The summed E-state index contributed by atoms with van der Waals surface area (Å²) in [7, 11) is 1.56. The molecule has 37 heavy (non-hydrogen) atoms. The molecule has 1 fully saturated rings. The van der Waals surface area contributed by atoms with Gasteiger partial charge in [0, 0.05) is 17.9 Å². The number of hydrogen-bond acceptors (Lipinski definition) is 4. The molecule has 0 aromatic heterocycles. The van der Waals surface area contributed by atoms with Crippen LogP contribution < -0.4 is 4.74 Å². The van der Waals surface area contributed by atoms with E-state index in [2.05, 4.69) is 0 Å². The van der Waals surface area contributed by atoms with E-state index in [1.165, 1.54) is 4.90 Å². The number of ether oxygens (including phenoxy) is 1. The van der Waals surface area contributed by atoms with E-state index in [9.17, 15) is 19.5 Å². The average molecular weight is 500 g/mol. The summed E-state index contributed by atoms with van der Waals surface area (Å²) in [5, 5.41) is 10.5. The Kier molecular flexibility index (Phi) is 7.77. The second-order valence-corrected chi connectivity index (χ2v) is 10.1. The number of Topliss-reactive ketones (excluding diaryl/α,β-unsaturated/α-hetero) is 1. The van der Waals surface area contributed by atoms with Crippen LogP contribution in [-0.2, 0) is 9.59 Å². The van der Waals surface area contributed by atoms with Crippen molar-refractivity contribution in [2.75, 3.05) is 7.11 Å². The highest BCUT2D eigenvalue weighted by Crippen LogP contribution is 2.51. The van der Waals surface area contributed by atoms with E-state index >= 15 is 0 Å². The standard InChI is InChI=1S/C31H33NO5/c1-19(2)18-25(33)32-28(22-12-10-20(3)11-13-22)27(30(34)23-14-16-24(37-4)17-15-23)26(29(32)31(35)36)21-8-6-5-7-9-21/h5-17,19,26-29H,18H2,1-4H3,(H,35,36). The van der Waals surface area contributed by atoms with E-state index in [1.807, 2.05) is 75.4 Å². The van der Waals surface area contributed by atoms with Crippen LogP contribution in [-0.4, -0.2) is 40.8 Å². The van der Waals surface area contributed by atoms with Gasteiger partial charge in [-0.25, -0.2) is 4.79 Å². The minimum atomic E-state index is -1.19. The highest BCUT2D eigenvalue weighted by molar-refractivity contribution is 6.01. The Bertz CT molecular complexity index is 1250. The Hall–Kier alpha value is -3.93. The van der Waals surface area contributed by atoms with Crippen molar-refractivity contribution >= 4 is 17.7 Å². The van der Waals surface area contributed by atoms with Crippen LogP contribution in [0.3, 0.4) is 0 Å². The van der Waals surface area contributed by atoms with Gasteiger partial charge in [0.1, 0.15) is 11.8 Å². The normalized spacial score (nSPS) is 21.2. The number of carbonyl (C=O) groups is 3. The molecule has 1 N–H and O–H groups in total. The molecule has 1 saturated heterocycles. The van der Waals surface area contributed by atoms with Gasteiger partial charge < -0.3 is 14.7 Å². The summed E-state index contributed by atoms with van der Waals surface area (Å²) in [5.74, 6) is -2.45. The fraction of sp³-hybridized carbons (Fsp3) is 0.323. The maximum atomic E-state index is 14.3. The lowest BCUT2D eigenvalue weighted by molar-refractivity contribution is -0.150. The molecule has 0 bridgehead atoms. The second kappa shape index (κ2) is 11.0. The highest BCUT2D eigenvalue weighted by Gasteiger charge is 2.57. The smallest absolute Gasteiger partial charge is 0.327 e. The summed E-state index contributed by atoms with van der Waals surface area (Å²) in [5.41, 5.74) is 2.96. The molecule has 0 radical (unpaired) electrons. The van der Waals surface area contributed by atoms with Gasteiger partial charge in [-0.1, -0.05) is 74.0 Å². The zero-order valence-corrected chi connectivity index (χ0v) is 21.6. The first-order valence-corrected chi connectivity index (χ1v) is 12.6. The number of methoxy groups -OCH3 is 1. The Morgan fingerprint density at radius 3 is 2.05 bits per heavy atom. The maximum Gasteiger partial charge on any atom is 0.327 e. The molecule has 3 aromatic rings. The van der Waals surface area contributed by atoms with Crippen LogP contribution in [0.4, 0.5) is 0 Å². The van der Waals surface area contributed by atoms with Crippen LogP contribution in [0.2, 0.25) is 0 Å². The van der Waals surface area contributed by atoms with Crippen molar-refractivity contribution in [1.29, 1.82) is 0 Å². The van der Waals surface area contributed by atoms with Crippen LogP contribution in [0.1, 0.15) is 59.3 Å². The summed E-state index contributed by atoms with van der Waals surface area (Å²) in [6.45, 7) is 5.82. The van der Waals surface area contributed by atoms with E-state index in [1.54, 1.807) is 31.4 Å². The molecule has 6 nitrogen and oxygen atoms in total. The van der Waals surface area contributed by atoms with E-state index < -0.39 is 29.9 Å². The van der Waals surface area contributed by atoms with Gasteiger partial charge in [0.15, 0.2) is 5.78 Å². The SMILES string of the molecule is COc1ccc(C(=O)C2C(c3ccccc3)C(C(=O)O)N(C(=O)CC(C)C)C2c2ccc(C)cc2)cc1. The van der Waals surface area contributed by atoms with Crippen LogP contribution in [0.15, 0.2) is 78.9 Å². The highest BCUT2D eigenvalue weighted by atomic mass is 16.5. The summed E-state index contributed by atoms with van der Waals surface area (Å²) >= 11 is 0. The predicted molar refractivity (Wildman–Crippen MR) is 142 cm³/mol. The van der Waals surface area contributed by atoms with Crippen molar-refractivity contribution in [2.45, 2.75) is 45.2 Å². The van der Waals surface area contributed by atoms with Gasteiger partial charge in [0.05, 0.1) is 19.1 Å². The number of amides is 1. The third kappa shape index (κ3) is 5.29. The predicted octanol–water partition coefficient (Wildman–Crippen LogP) is 5.67. The number of rotatable bonds is 8. The van der Waals surface area contributed by atoms with Crippen LogP contribution in [0.25, 0.3) is 0 Å². The number of ketones is 1. The van der Waals surface area contributed by atoms with Crippen molar-refractivity contribution in [3.8, 4) is 5.75 Å². The molecule has 1 aliphatic rings. The van der Waals surface area contributed by atoms with Gasteiger partial charge in [-0.3, -0.25) is 9.59 Å². The summed E-state index contributed by atoms with van der Waals surface area (Å²) in [6.07, 6.45) is 0.192. The van der Waals surface area contributed by atoms with Gasteiger partial charge in [0.25, 0.3) is 0 Å². The number of benzene rings is 3. The number of aryl methyl sites for hydroxylation is 1. The first-order valence-electron chi connectivity index (χ1n) is 12.6. The van der Waals surface area contributed by atoms with Gasteiger partial charge in [-0.2, -0.15) is 0 Å². The molecule has 4 atom stereocenters. The lowest BCUT2D eigenvalue weighted by Crippen LogP contribution is -2.44. The zero-order valence-electron chi connectivity index (χ0n) is 21.6. The molecular formula is C31H33NO5. The second-order valence-electron chi connectivity index (χ2n) is 10.1. The minimum Gasteiger partial charge on any atom is -0.497 e. The summed E-state index contributed by atoms with van der Waals surface area (Å²) in [4.78, 5) is 42.3. The van der Waals surface area contributed by atoms with E-state index in [-0.39, 0.29) is 24.0 Å². The van der Waals surface area contributed by atoms with Gasteiger partial charge in [-0.05, 0) is 48.2 Å². The molecule has 4 unspecified atom stereocenters. The zero-order chi connectivity index (χ0) is 26.7. The average Bonchev–Trinajstić information content (AvgIpc) is 3.25. The molecular weight excluding hydrogens is 466 g/mol. The number of aliphatic carboxylic acids is 1. The monoisotopic (exact) mass is 499 g/mol. The lowest BCUT2D eigenvalue weighted by atomic mass is 9.76. The summed E-state index contributed by atoms with van der Waals surface area (Å²) in [6, 6.07) is 21.8. The Balaban J connectivity index is 1.95. The molecule has 1 heterocycles. The molecule has 3 aromatic carbocycles. The largest absolute Gasteiger partial charge is 0.497 e. The number of carboxylic acids is 1. The molecule has 0 spiro atoms. The van der Waals surface area contributed by atoms with E-state index in [4.69, 9.17) is 4.74 Å². The van der Waals surface area contributed by atoms with Crippen molar-refractivity contribution in [1.82, 2.24) is 4.90 Å². The number of carbonyl (C=O) groups excluding carboxylic acids is 2. The van der Waals surface area contributed by atoms with Gasteiger partial charge in [0.2, 0.25) is 5.91 Å². The molecule has 0 aliphatic carbocycles. The van der Waals surface area contributed by atoms with Crippen LogP contribution in [0, 0.1) is 18.8 Å². The fourth-order valence-electron chi connectivity index (χ4n) is 5.40. The van der Waals surface area contributed by atoms with Crippen molar-refractivity contribution in [2.24, 2.45) is 11.8 Å². The Morgan fingerprint density at radius 2 is 1.51 bits per heavy atom. The van der Waals surface area contributed by atoms with Gasteiger partial charge in [-0.15, -0.1) is 0 Å². The minimum absolute atomic E-state index is 0.0344. The van der Waals surface area contributed by atoms with Crippen molar-refractivity contribution < 1.29 is 24.2 Å². The number of likely N-dealkylation sites (tertiary alicyclic amines) is 1. The molecule has 6 heteroatoms. The fourth-order valence-corrected chi connectivity index (χ4v) is 5.40. The van der Waals surface area contributed by atoms with Crippen molar-refractivity contribution in [3.05, 3.63) is 101 Å². The Morgan fingerprint density at radius 1 is 0.892 bits per heavy atom. The van der Waals surface area contributed by atoms with E-state index in [0.717, 1.165) is 16.7 Å². The first-order chi connectivity index (χ1) is 17.7.